The quantitative estimate of drug-likeness (QED) is 0.140. The summed E-state index contributed by atoms with van der Waals surface area (Å²) in [5, 5.41) is 28.2. The molecule has 0 aliphatic carbocycles. The second-order valence-corrected chi connectivity index (χ2v) is 12.8. The lowest BCUT2D eigenvalue weighted by Crippen LogP contribution is -2.45. The average Bonchev–Trinajstić information content (AvgIpc) is 3.70. The van der Waals surface area contributed by atoms with Crippen LogP contribution in [0.15, 0.2) is 50.1 Å². The number of non-ortho nitro benzene ring substituents is 1. The molecule has 1 atom stereocenters. The molecule has 0 N–H and O–H groups in total. The number of ether oxygens (including phenoxy) is 1. The van der Waals surface area contributed by atoms with Crippen LogP contribution in [0.5, 0.6) is 5.75 Å². The van der Waals surface area contributed by atoms with E-state index in [1.54, 1.807) is 18.3 Å². The van der Waals surface area contributed by atoms with Gasteiger partial charge in [0.25, 0.3) is 5.69 Å². The Morgan fingerprint density at radius 3 is 2.66 bits per heavy atom. The van der Waals surface area contributed by atoms with Crippen LogP contribution in [0.4, 0.5) is 15.8 Å². The van der Waals surface area contributed by atoms with E-state index in [2.05, 4.69) is 25.3 Å². The van der Waals surface area contributed by atoms with Crippen molar-refractivity contribution in [3.05, 3.63) is 68.6 Å². The molecule has 44 heavy (non-hydrogen) atoms. The third kappa shape index (κ3) is 5.07. The van der Waals surface area contributed by atoms with Crippen LogP contribution in [0.25, 0.3) is 32.9 Å². The first kappa shape index (κ1) is 28.4. The molecule has 0 amide bonds. The van der Waals surface area contributed by atoms with Gasteiger partial charge in [-0.05, 0) is 32.2 Å². The summed E-state index contributed by atoms with van der Waals surface area (Å²) in [6, 6.07) is 7.07. The van der Waals surface area contributed by atoms with Gasteiger partial charge < -0.3 is 23.5 Å². The summed E-state index contributed by atoms with van der Waals surface area (Å²) in [4.78, 5) is 28.4. The van der Waals surface area contributed by atoms with E-state index in [0.29, 0.717) is 68.8 Å². The minimum absolute atomic E-state index is 0.0322. The van der Waals surface area contributed by atoms with Crippen LogP contribution in [0.3, 0.4) is 0 Å². The Morgan fingerprint density at radius 1 is 1.14 bits per heavy atom. The van der Waals surface area contributed by atoms with Crippen molar-refractivity contribution < 1.29 is 18.5 Å². The molecule has 2 aliphatic heterocycles. The first-order chi connectivity index (χ1) is 21.3. The van der Waals surface area contributed by atoms with Crippen molar-refractivity contribution in [1.29, 1.82) is 0 Å². The van der Waals surface area contributed by atoms with E-state index in [1.165, 1.54) is 41.3 Å². The van der Waals surface area contributed by atoms with Crippen molar-refractivity contribution in [2.45, 2.75) is 23.1 Å². The first-order valence-corrected chi connectivity index (χ1v) is 15.6. The van der Waals surface area contributed by atoms with Gasteiger partial charge in [0, 0.05) is 50.1 Å². The molecule has 13 nitrogen and oxygen atoms in total. The molecule has 0 unspecified atom stereocenters. The zero-order chi connectivity index (χ0) is 30.5. The Bertz CT molecular complexity index is 1950. The minimum atomic E-state index is -0.478. The Morgan fingerprint density at radius 2 is 1.91 bits per heavy atom. The highest BCUT2D eigenvalue weighted by Crippen LogP contribution is 2.43. The molecule has 5 aromatic rings. The van der Waals surface area contributed by atoms with Gasteiger partial charge in [0.15, 0.2) is 26.3 Å². The van der Waals surface area contributed by atoms with Crippen LogP contribution >= 0.6 is 23.1 Å². The first-order valence-electron chi connectivity index (χ1n) is 13.8. The number of thioether (sulfide) groups is 1. The van der Waals surface area contributed by atoms with E-state index < -0.39 is 10.7 Å². The zero-order valence-electron chi connectivity index (χ0n) is 23.6. The maximum Gasteiger partial charge on any atom is 0.269 e. The molecule has 0 spiro atoms. The van der Waals surface area contributed by atoms with E-state index in [0.717, 1.165) is 13.1 Å². The lowest BCUT2D eigenvalue weighted by molar-refractivity contribution is -0.384. The van der Waals surface area contributed by atoms with Gasteiger partial charge in [-0.2, -0.15) is 0 Å². The predicted molar refractivity (Wildman–Crippen MR) is 163 cm³/mol. The number of hydrogen-bond donors (Lipinski definition) is 0. The number of piperazine rings is 1. The zero-order valence-corrected chi connectivity index (χ0v) is 25.2. The second-order valence-electron chi connectivity index (χ2n) is 10.6. The van der Waals surface area contributed by atoms with Crippen molar-refractivity contribution in [3.8, 4) is 27.8 Å². The van der Waals surface area contributed by atoms with E-state index in [-0.39, 0.29) is 28.4 Å². The Labute approximate surface area is 257 Å². The molecule has 226 valence electrons. The summed E-state index contributed by atoms with van der Waals surface area (Å²) in [5.74, 6) is 0.811. The van der Waals surface area contributed by atoms with E-state index in [9.17, 15) is 14.9 Å². The highest BCUT2D eigenvalue weighted by Gasteiger charge is 2.31. The summed E-state index contributed by atoms with van der Waals surface area (Å²) in [7, 11) is 2.04. The summed E-state index contributed by atoms with van der Waals surface area (Å²) >= 11 is 2.56. The van der Waals surface area contributed by atoms with Gasteiger partial charge in [-0.25, -0.2) is 4.39 Å². The smallest absolute Gasteiger partial charge is 0.269 e. The fraction of sp³-hybridized carbons (Fsp3) is 0.321. The molecule has 2 aliphatic rings. The number of anilines is 1. The van der Waals surface area contributed by atoms with Gasteiger partial charge in [-0.3, -0.25) is 14.9 Å². The molecule has 2 aromatic carbocycles. The molecule has 1 saturated heterocycles. The Hall–Kier alpha value is -4.41. The number of pyridine rings is 1. The van der Waals surface area contributed by atoms with Crippen LogP contribution in [-0.4, -0.2) is 74.6 Å². The van der Waals surface area contributed by atoms with Gasteiger partial charge in [0.1, 0.15) is 12.3 Å². The topological polar surface area (TPSA) is 146 Å². The van der Waals surface area contributed by atoms with Gasteiger partial charge in [-0.1, -0.05) is 23.1 Å². The number of nitro benzene ring substituents is 1. The second kappa shape index (κ2) is 11.3. The van der Waals surface area contributed by atoms with E-state index in [4.69, 9.17) is 9.15 Å². The molecule has 16 heteroatoms. The lowest BCUT2D eigenvalue weighted by Gasteiger charge is -2.37. The number of nitrogens with zero attached hydrogens (tertiary/aromatic N) is 8. The largest absolute Gasteiger partial charge is 0.487 e. The SMILES string of the molecule is C[C@H]1COc2c(N3CCN(C)CC3)c(F)cc3c(=O)c(-c4nnc(SCc5nnc(-c6ccc([N+](=O)[O-])cc6)o5)s4)cn1c23. The molecule has 7 rings (SSSR count). The summed E-state index contributed by atoms with van der Waals surface area (Å²) in [6.45, 7) is 5.29. The van der Waals surface area contributed by atoms with E-state index in [1.807, 2.05) is 23.4 Å². The summed E-state index contributed by atoms with van der Waals surface area (Å²) < 4.78 is 30.1. The predicted octanol–water partition coefficient (Wildman–Crippen LogP) is 4.61. The number of aromatic nitrogens is 5. The highest BCUT2D eigenvalue weighted by atomic mass is 32.2. The molecule has 5 heterocycles. The molecule has 0 radical (unpaired) electrons. The molecule has 0 bridgehead atoms. The van der Waals surface area contributed by atoms with Gasteiger partial charge in [0.05, 0.1) is 33.2 Å². The fourth-order valence-corrected chi connectivity index (χ4v) is 7.04. The van der Waals surface area contributed by atoms with Crippen molar-refractivity contribution in [2.75, 3.05) is 44.7 Å². The Balaban J connectivity index is 1.15. The maximum absolute atomic E-state index is 15.7. The van der Waals surface area contributed by atoms with Crippen molar-refractivity contribution in [2.24, 2.45) is 0 Å². The monoisotopic (exact) mass is 636 g/mol. The summed E-state index contributed by atoms with van der Waals surface area (Å²) in [5.41, 5.74) is 1.53. The number of benzene rings is 2. The maximum atomic E-state index is 15.7. The van der Waals surface area contributed by atoms with Crippen LogP contribution in [0.2, 0.25) is 0 Å². The molecule has 3 aromatic heterocycles. The van der Waals surface area contributed by atoms with Crippen molar-refractivity contribution in [1.82, 2.24) is 29.9 Å². The minimum Gasteiger partial charge on any atom is -0.487 e. The average molecular weight is 637 g/mol. The number of halogens is 1. The molecule has 1 fully saturated rings. The van der Waals surface area contributed by atoms with Gasteiger partial charge >= 0.3 is 0 Å². The molecular formula is C28H25FN8O5S2. The van der Waals surface area contributed by atoms with E-state index >= 15 is 4.39 Å². The van der Waals surface area contributed by atoms with Crippen LogP contribution in [0.1, 0.15) is 18.9 Å². The normalized spacial score (nSPS) is 16.8. The molecular weight excluding hydrogens is 611 g/mol. The van der Waals surface area contributed by atoms with Crippen LogP contribution in [0, 0.1) is 15.9 Å². The third-order valence-corrected chi connectivity index (χ3v) is 9.78. The number of rotatable bonds is 7. The van der Waals surface area contributed by atoms with Gasteiger partial charge in [-0.15, -0.1) is 20.4 Å². The third-order valence-electron chi connectivity index (χ3n) is 7.71. The standard InChI is InChI=1S/C28H25FN8O5S2/c1-15-13-41-25-22-18(11-20(29)23(25)35-9-7-34(2)8-10-35)24(38)19(12-36(15)22)27-32-33-28(44-27)43-14-21-30-31-26(42-21)16-3-5-17(6-4-16)37(39)40/h3-6,11-12,15H,7-10,13-14H2,1-2H3/t15-/m0/s1. The van der Waals surface area contributed by atoms with Crippen LogP contribution < -0.4 is 15.1 Å². The fourth-order valence-electron chi connectivity index (χ4n) is 5.34. The van der Waals surface area contributed by atoms with Gasteiger partial charge in [0.2, 0.25) is 11.8 Å². The number of nitro groups is 1. The number of likely N-dealkylation sites (N-methyl/N-ethyl adjacent to an activating group) is 1. The van der Waals surface area contributed by atoms with Crippen molar-refractivity contribution >= 4 is 45.4 Å². The summed E-state index contributed by atoms with van der Waals surface area (Å²) in [6.07, 6.45) is 1.77. The number of hydrogen-bond acceptors (Lipinski definition) is 13. The lowest BCUT2D eigenvalue weighted by atomic mass is 10.1. The molecule has 0 saturated carbocycles. The van der Waals surface area contributed by atoms with Crippen LogP contribution in [-0.2, 0) is 5.75 Å². The Kier molecular flexibility index (Phi) is 7.26. The highest BCUT2D eigenvalue weighted by molar-refractivity contribution is 8.00. The van der Waals surface area contributed by atoms with Crippen molar-refractivity contribution in [3.63, 3.8) is 0 Å².